The van der Waals surface area contributed by atoms with Crippen molar-refractivity contribution in [2.24, 2.45) is 4.99 Å². The smallest absolute Gasteiger partial charge is 0.154 e. The van der Waals surface area contributed by atoms with Crippen molar-refractivity contribution in [3.8, 4) is 16.9 Å². The predicted molar refractivity (Wildman–Crippen MR) is 122 cm³/mol. The Morgan fingerprint density at radius 3 is 2.46 bits per heavy atom. The Bertz CT molecular complexity index is 1120. The van der Waals surface area contributed by atoms with Crippen molar-refractivity contribution >= 4 is 35.9 Å². The minimum absolute atomic E-state index is 0.496. The summed E-state index contributed by atoms with van der Waals surface area (Å²) < 4.78 is 6.07. The van der Waals surface area contributed by atoms with Crippen LogP contribution in [-0.2, 0) is 6.61 Å². The number of ether oxygens (including phenoxy) is 1. The standard InChI is InChI=1S/C25H22BNO/c1-26-22-8-5-7-21(16-22)19-12-10-18(11-13-19)17-28-24-15-14-20-6-3-4-9-23(20)25(24)27-2/h3-16,26H,2,17H2,1H3. The molecular weight excluding hydrogens is 341 g/mol. The van der Waals surface area contributed by atoms with Crippen molar-refractivity contribution in [2.45, 2.75) is 13.4 Å². The molecule has 2 nitrogen and oxygen atoms in total. The summed E-state index contributed by atoms with van der Waals surface area (Å²) in [4.78, 5) is 4.21. The number of aliphatic imine (C=N–C) groups is 1. The molecule has 3 heteroatoms. The van der Waals surface area contributed by atoms with E-state index in [1.807, 2.05) is 24.3 Å². The molecule has 0 aromatic heterocycles. The zero-order chi connectivity index (χ0) is 19.3. The Morgan fingerprint density at radius 1 is 0.857 bits per heavy atom. The fourth-order valence-corrected chi connectivity index (χ4v) is 3.44. The van der Waals surface area contributed by atoms with Gasteiger partial charge in [0.2, 0.25) is 0 Å². The number of benzene rings is 4. The molecular formula is C25H22BNO. The number of nitrogens with zero attached hydrogens (tertiary/aromatic N) is 1. The van der Waals surface area contributed by atoms with Gasteiger partial charge in [0.15, 0.2) is 7.28 Å². The topological polar surface area (TPSA) is 21.6 Å². The van der Waals surface area contributed by atoms with E-state index in [4.69, 9.17) is 4.74 Å². The van der Waals surface area contributed by atoms with E-state index in [0.717, 1.165) is 35.1 Å². The molecule has 0 radical (unpaired) electrons. The lowest BCUT2D eigenvalue weighted by molar-refractivity contribution is 0.308. The average molecular weight is 363 g/mol. The third kappa shape index (κ3) is 3.70. The first-order chi connectivity index (χ1) is 13.8. The van der Waals surface area contributed by atoms with Crippen molar-refractivity contribution in [2.75, 3.05) is 0 Å². The SMILES string of the molecule is C=Nc1c(OCc2ccc(-c3cccc(BC)c3)cc2)ccc2ccccc12. The second-order valence-electron chi connectivity index (χ2n) is 6.83. The molecule has 0 aliphatic heterocycles. The molecule has 0 atom stereocenters. The summed E-state index contributed by atoms with van der Waals surface area (Å²) in [7, 11) is 1.05. The van der Waals surface area contributed by atoms with Crippen molar-refractivity contribution in [3.05, 3.63) is 90.5 Å². The summed E-state index contributed by atoms with van der Waals surface area (Å²) in [6.45, 7) is 6.40. The summed E-state index contributed by atoms with van der Waals surface area (Å²) >= 11 is 0. The minimum atomic E-state index is 0.496. The molecule has 0 saturated carbocycles. The fourth-order valence-electron chi connectivity index (χ4n) is 3.44. The van der Waals surface area contributed by atoms with Crippen LogP contribution in [0.25, 0.3) is 21.9 Å². The van der Waals surface area contributed by atoms with Gasteiger partial charge in [0.05, 0.1) is 0 Å². The summed E-state index contributed by atoms with van der Waals surface area (Å²) in [6.07, 6.45) is 0. The van der Waals surface area contributed by atoms with Gasteiger partial charge in [0.25, 0.3) is 0 Å². The van der Waals surface area contributed by atoms with E-state index in [1.54, 1.807) is 0 Å². The molecule has 4 rings (SSSR count). The van der Waals surface area contributed by atoms with Gasteiger partial charge in [0, 0.05) is 5.39 Å². The first kappa shape index (κ1) is 18.1. The maximum absolute atomic E-state index is 6.07. The quantitative estimate of drug-likeness (QED) is 0.326. The van der Waals surface area contributed by atoms with E-state index in [9.17, 15) is 0 Å². The summed E-state index contributed by atoms with van der Waals surface area (Å²) in [5.74, 6) is 0.758. The van der Waals surface area contributed by atoms with Gasteiger partial charge >= 0.3 is 0 Å². The van der Waals surface area contributed by atoms with E-state index >= 15 is 0 Å². The second-order valence-corrected chi connectivity index (χ2v) is 6.83. The van der Waals surface area contributed by atoms with Crippen molar-refractivity contribution in [1.29, 1.82) is 0 Å². The number of hydrogen-bond donors (Lipinski definition) is 0. The van der Waals surface area contributed by atoms with Gasteiger partial charge in [0.1, 0.15) is 18.0 Å². The maximum atomic E-state index is 6.07. The number of fused-ring (bicyclic) bond motifs is 1. The molecule has 28 heavy (non-hydrogen) atoms. The summed E-state index contributed by atoms with van der Waals surface area (Å²) in [5, 5.41) is 2.19. The highest BCUT2D eigenvalue weighted by Gasteiger charge is 2.08. The van der Waals surface area contributed by atoms with E-state index in [2.05, 4.69) is 79.2 Å². The van der Waals surface area contributed by atoms with Crippen LogP contribution in [0.2, 0.25) is 6.82 Å². The summed E-state index contributed by atoms with van der Waals surface area (Å²) in [5.41, 5.74) is 5.74. The first-order valence-corrected chi connectivity index (χ1v) is 9.58. The lowest BCUT2D eigenvalue weighted by Gasteiger charge is -2.12. The number of rotatable bonds is 6. The lowest BCUT2D eigenvalue weighted by atomic mass is 9.73. The zero-order valence-electron chi connectivity index (χ0n) is 16.1. The largest absolute Gasteiger partial charge is 0.487 e. The van der Waals surface area contributed by atoms with Crippen molar-refractivity contribution in [3.63, 3.8) is 0 Å². The van der Waals surface area contributed by atoms with Gasteiger partial charge in [-0.3, -0.25) is 4.99 Å². The Morgan fingerprint density at radius 2 is 1.68 bits per heavy atom. The molecule has 0 aliphatic carbocycles. The Balaban J connectivity index is 1.53. The van der Waals surface area contributed by atoms with Crippen molar-refractivity contribution < 1.29 is 4.74 Å². The first-order valence-electron chi connectivity index (χ1n) is 9.58. The van der Waals surface area contributed by atoms with Gasteiger partial charge in [-0.25, -0.2) is 0 Å². The van der Waals surface area contributed by atoms with Crippen molar-refractivity contribution in [1.82, 2.24) is 0 Å². The molecule has 0 unspecified atom stereocenters. The highest BCUT2D eigenvalue weighted by Crippen LogP contribution is 2.35. The van der Waals surface area contributed by atoms with Crippen LogP contribution < -0.4 is 10.2 Å². The van der Waals surface area contributed by atoms with Crippen LogP contribution in [0.5, 0.6) is 5.75 Å². The molecule has 0 bridgehead atoms. The zero-order valence-corrected chi connectivity index (χ0v) is 16.1. The molecule has 4 aromatic rings. The highest BCUT2D eigenvalue weighted by atomic mass is 16.5. The monoisotopic (exact) mass is 363 g/mol. The molecule has 136 valence electrons. The van der Waals surface area contributed by atoms with Crippen LogP contribution in [-0.4, -0.2) is 14.0 Å². The average Bonchev–Trinajstić information content (AvgIpc) is 2.77. The molecule has 0 spiro atoms. The molecule has 0 aliphatic rings. The Labute approximate surface area is 166 Å². The van der Waals surface area contributed by atoms with Gasteiger partial charge in [-0.2, -0.15) is 0 Å². The minimum Gasteiger partial charge on any atom is -0.487 e. The van der Waals surface area contributed by atoms with Crippen LogP contribution in [0.3, 0.4) is 0 Å². The van der Waals surface area contributed by atoms with Gasteiger partial charge in [-0.1, -0.05) is 91.1 Å². The molecule has 0 fully saturated rings. The van der Waals surface area contributed by atoms with Crippen LogP contribution >= 0.6 is 0 Å². The maximum Gasteiger partial charge on any atom is 0.154 e. The van der Waals surface area contributed by atoms with Crippen LogP contribution in [0, 0.1) is 0 Å². The van der Waals surface area contributed by atoms with Gasteiger partial charge in [-0.05, 0) is 34.9 Å². The molecule has 4 aromatic carbocycles. The third-order valence-corrected chi connectivity index (χ3v) is 5.04. The van der Waals surface area contributed by atoms with Gasteiger partial charge < -0.3 is 4.74 Å². The fraction of sp³-hybridized carbons (Fsp3) is 0.0800. The van der Waals surface area contributed by atoms with E-state index in [0.29, 0.717) is 6.61 Å². The lowest BCUT2D eigenvalue weighted by Crippen LogP contribution is -2.09. The molecule has 0 N–H and O–H groups in total. The van der Waals surface area contributed by atoms with Gasteiger partial charge in [-0.15, -0.1) is 0 Å². The molecule has 0 amide bonds. The number of hydrogen-bond acceptors (Lipinski definition) is 2. The summed E-state index contributed by atoms with van der Waals surface area (Å²) in [6, 6.07) is 29.4. The second kappa shape index (κ2) is 8.14. The van der Waals surface area contributed by atoms with Crippen LogP contribution in [0.1, 0.15) is 5.56 Å². The predicted octanol–water partition coefficient (Wildman–Crippen LogP) is 5.53. The normalized spacial score (nSPS) is 10.6. The van der Waals surface area contributed by atoms with Crippen LogP contribution in [0.4, 0.5) is 5.69 Å². The van der Waals surface area contributed by atoms with E-state index in [-0.39, 0.29) is 0 Å². The Kier molecular flexibility index (Phi) is 5.25. The Hall–Kier alpha value is -3.33. The van der Waals surface area contributed by atoms with E-state index < -0.39 is 0 Å². The molecule has 0 heterocycles. The highest BCUT2D eigenvalue weighted by molar-refractivity contribution is 6.52. The molecule has 0 saturated heterocycles. The van der Waals surface area contributed by atoms with E-state index in [1.165, 1.54) is 16.6 Å². The van der Waals surface area contributed by atoms with Crippen LogP contribution in [0.15, 0.2) is 89.9 Å². The third-order valence-electron chi connectivity index (χ3n) is 5.04.